The van der Waals surface area contributed by atoms with Crippen LogP contribution in [-0.4, -0.2) is 11.7 Å². The van der Waals surface area contributed by atoms with Crippen LogP contribution in [0.1, 0.15) is 24.0 Å². The Hall–Kier alpha value is -0.820. The molecule has 0 bridgehead atoms. The van der Waals surface area contributed by atoms with E-state index in [1.54, 1.807) is 0 Å². The Morgan fingerprint density at radius 2 is 1.91 bits per heavy atom. The molecule has 1 rings (SSSR count). The molecule has 1 unspecified atom stereocenters. The van der Waals surface area contributed by atoms with E-state index >= 15 is 0 Å². The van der Waals surface area contributed by atoms with E-state index in [0.29, 0.717) is 0 Å². The van der Waals surface area contributed by atoms with Gasteiger partial charge >= 0.3 is 0 Å². The van der Waals surface area contributed by atoms with E-state index in [0.717, 1.165) is 5.56 Å². The van der Waals surface area contributed by atoms with Crippen molar-refractivity contribution < 1.29 is 5.11 Å². The van der Waals surface area contributed by atoms with Gasteiger partial charge in [0.15, 0.2) is 0 Å². The fraction of sp³-hybridized carbons (Fsp3) is 0.300. The van der Waals surface area contributed by atoms with Gasteiger partial charge in [0.1, 0.15) is 0 Å². The highest BCUT2D eigenvalue weighted by Gasteiger charge is 2.01. The molecule has 11 heavy (non-hydrogen) atoms. The molecule has 0 aliphatic rings. The zero-order chi connectivity index (χ0) is 8.27. The lowest BCUT2D eigenvalue weighted by molar-refractivity contribution is 0.273. The molecule has 0 aliphatic heterocycles. The largest absolute Gasteiger partial charge is 0.396 e. The molecule has 0 aromatic heterocycles. The third kappa shape index (κ3) is 2.05. The van der Waals surface area contributed by atoms with E-state index in [1.807, 2.05) is 31.2 Å². The van der Waals surface area contributed by atoms with Crippen molar-refractivity contribution in [1.29, 1.82) is 0 Å². The highest BCUT2D eigenvalue weighted by molar-refractivity contribution is 5.26. The average Bonchev–Trinajstić information content (AvgIpc) is 2.05. The maximum atomic E-state index is 8.84. The number of benzene rings is 1. The summed E-state index contributed by atoms with van der Waals surface area (Å²) in [6, 6.07) is 7.93. The van der Waals surface area contributed by atoms with Crippen molar-refractivity contribution in [2.24, 2.45) is 0 Å². The molecule has 0 saturated heterocycles. The van der Waals surface area contributed by atoms with Gasteiger partial charge in [0, 0.05) is 12.5 Å². The van der Waals surface area contributed by atoms with Gasteiger partial charge in [0.05, 0.1) is 0 Å². The lowest BCUT2D eigenvalue weighted by atomic mass is 10.0. The first-order chi connectivity index (χ1) is 5.24. The van der Waals surface area contributed by atoms with Crippen LogP contribution in [0.15, 0.2) is 24.3 Å². The van der Waals surface area contributed by atoms with E-state index in [-0.39, 0.29) is 12.5 Å². The van der Waals surface area contributed by atoms with Gasteiger partial charge in [-0.05, 0) is 18.1 Å². The molecule has 0 amide bonds. The number of hydrogen-bond donors (Lipinski definition) is 1. The van der Waals surface area contributed by atoms with Crippen LogP contribution in [0.5, 0.6) is 0 Å². The fourth-order valence-corrected chi connectivity index (χ4v) is 0.952. The van der Waals surface area contributed by atoms with Gasteiger partial charge < -0.3 is 5.11 Å². The molecule has 1 heteroatoms. The molecular formula is C10H13O. The summed E-state index contributed by atoms with van der Waals surface area (Å²) in [4.78, 5) is 0. The third-order valence-corrected chi connectivity index (χ3v) is 1.82. The molecule has 1 atom stereocenters. The molecule has 0 spiro atoms. The van der Waals surface area contributed by atoms with Gasteiger partial charge in [0.25, 0.3) is 0 Å². The highest BCUT2D eigenvalue weighted by Crippen LogP contribution is 2.14. The molecule has 0 heterocycles. The topological polar surface area (TPSA) is 20.2 Å². The molecule has 1 N–H and O–H groups in total. The summed E-state index contributed by atoms with van der Waals surface area (Å²) in [5, 5.41) is 8.84. The molecule has 0 saturated carbocycles. The summed E-state index contributed by atoms with van der Waals surface area (Å²) >= 11 is 0. The predicted octanol–water partition coefficient (Wildman–Crippen LogP) is 1.96. The van der Waals surface area contributed by atoms with Crippen LogP contribution < -0.4 is 0 Å². The van der Waals surface area contributed by atoms with Crippen molar-refractivity contribution in [3.8, 4) is 0 Å². The minimum Gasteiger partial charge on any atom is -0.396 e. The SMILES string of the molecule is [CH2]c1ccc(C(C)CO)cc1. The smallest absolute Gasteiger partial charge is 0.0497 e. The van der Waals surface area contributed by atoms with E-state index in [2.05, 4.69) is 6.92 Å². The number of hydrogen-bond acceptors (Lipinski definition) is 1. The summed E-state index contributed by atoms with van der Waals surface area (Å²) in [5.41, 5.74) is 2.18. The average molecular weight is 149 g/mol. The monoisotopic (exact) mass is 149 g/mol. The minimum absolute atomic E-state index is 0.205. The maximum Gasteiger partial charge on any atom is 0.0497 e. The Kier molecular flexibility index (Phi) is 2.66. The Labute approximate surface area is 67.7 Å². The summed E-state index contributed by atoms with van der Waals surface area (Å²) in [6.07, 6.45) is 0. The number of aliphatic hydroxyl groups excluding tert-OH is 1. The third-order valence-electron chi connectivity index (χ3n) is 1.82. The number of rotatable bonds is 2. The van der Waals surface area contributed by atoms with Gasteiger partial charge in [0.2, 0.25) is 0 Å². The van der Waals surface area contributed by atoms with Crippen molar-refractivity contribution in [1.82, 2.24) is 0 Å². The van der Waals surface area contributed by atoms with E-state index in [1.165, 1.54) is 5.56 Å². The van der Waals surface area contributed by atoms with Gasteiger partial charge in [-0.15, -0.1) is 0 Å². The van der Waals surface area contributed by atoms with Gasteiger partial charge in [-0.25, -0.2) is 0 Å². The molecule has 1 aromatic rings. The second-order valence-electron chi connectivity index (χ2n) is 2.83. The van der Waals surface area contributed by atoms with Gasteiger partial charge in [-0.1, -0.05) is 31.2 Å². The molecule has 1 nitrogen and oxygen atoms in total. The van der Waals surface area contributed by atoms with Crippen molar-refractivity contribution in [2.45, 2.75) is 12.8 Å². The molecule has 1 radical (unpaired) electrons. The Morgan fingerprint density at radius 1 is 1.36 bits per heavy atom. The molecule has 1 aromatic carbocycles. The Bertz CT molecular complexity index is 213. The zero-order valence-electron chi connectivity index (χ0n) is 6.75. The lowest BCUT2D eigenvalue weighted by Crippen LogP contribution is -1.97. The first-order valence-electron chi connectivity index (χ1n) is 3.77. The maximum absolute atomic E-state index is 8.84. The quantitative estimate of drug-likeness (QED) is 0.681. The minimum atomic E-state index is 0.205. The van der Waals surface area contributed by atoms with Crippen molar-refractivity contribution in [3.63, 3.8) is 0 Å². The van der Waals surface area contributed by atoms with Gasteiger partial charge in [-0.2, -0.15) is 0 Å². The van der Waals surface area contributed by atoms with Crippen LogP contribution >= 0.6 is 0 Å². The molecule has 59 valence electrons. The van der Waals surface area contributed by atoms with Crippen LogP contribution in [0.4, 0.5) is 0 Å². The standard InChI is InChI=1S/C10H13O/c1-8-3-5-10(6-4-8)9(2)7-11/h3-6,9,11H,1,7H2,2H3. The predicted molar refractivity (Wildman–Crippen MR) is 46.4 cm³/mol. The molecule has 0 fully saturated rings. The van der Waals surface area contributed by atoms with Crippen molar-refractivity contribution in [3.05, 3.63) is 42.3 Å². The van der Waals surface area contributed by atoms with Gasteiger partial charge in [-0.3, -0.25) is 0 Å². The Morgan fingerprint density at radius 3 is 2.36 bits per heavy atom. The van der Waals surface area contributed by atoms with Crippen LogP contribution in [0, 0.1) is 6.92 Å². The van der Waals surface area contributed by atoms with E-state index < -0.39 is 0 Å². The summed E-state index contributed by atoms with van der Waals surface area (Å²) < 4.78 is 0. The summed E-state index contributed by atoms with van der Waals surface area (Å²) in [5.74, 6) is 0.232. The van der Waals surface area contributed by atoms with E-state index in [4.69, 9.17) is 5.11 Å². The first-order valence-corrected chi connectivity index (χ1v) is 3.77. The van der Waals surface area contributed by atoms with Crippen LogP contribution in [0.2, 0.25) is 0 Å². The molecule has 0 aliphatic carbocycles. The highest BCUT2D eigenvalue weighted by atomic mass is 16.3. The van der Waals surface area contributed by atoms with Crippen molar-refractivity contribution >= 4 is 0 Å². The fourth-order valence-electron chi connectivity index (χ4n) is 0.952. The normalized spacial score (nSPS) is 13.0. The second kappa shape index (κ2) is 3.54. The lowest BCUT2D eigenvalue weighted by Gasteiger charge is -2.07. The van der Waals surface area contributed by atoms with Crippen LogP contribution in [0.25, 0.3) is 0 Å². The first kappa shape index (κ1) is 8.28. The van der Waals surface area contributed by atoms with Crippen LogP contribution in [0.3, 0.4) is 0 Å². The number of aliphatic hydroxyl groups is 1. The Balaban J connectivity index is 2.81. The zero-order valence-corrected chi connectivity index (χ0v) is 6.75. The molecular weight excluding hydrogens is 136 g/mol. The van der Waals surface area contributed by atoms with Crippen molar-refractivity contribution in [2.75, 3.05) is 6.61 Å². The summed E-state index contributed by atoms with van der Waals surface area (Å²) in [6.45, 7) is 5.99. The summed E-state index contributed by atoms with van der Waals surface area (Å²) in [7, 11) is 0. The second-order valence-corrected chi connectivity index (χ2v) is 2.83. The van der Waals surface area contributed by atoms with E-state index in [9.17, 15) is 0 Å². The van der Waals surface area contributed by atoms with Crippen LogP contribution in [-0.2, 0) is 0 Å².